The Bertz CT molecular complexity index is 700. The molecule has 0 aromatic heterocycles. The largest absolute Gasteiger partial charge is 0.497 e. The number of halogens is 1. The lowest BCUT2D eigenvalue weighted by molar-refractivity contribution is -0.111. The third-order valence-corrected chi connectivity index (χ3v) is 4.03. The molecule has 4 heteroatoms. The average molecular weight is 360 g/mol. The standard InChI is InChI=1S/C18H18BrNO2/c1-12-10-14(22-3)11-13(2)15(12)8-9-18(21)20-17-7-5-4-6-16(17)19/h4-11H,1-3H3,(H,20,21)/b9-8+. The Hall–Kier alpha value is -2.07. The van der Waals surface area contributed by atoms with E-state index in [1.54, 1.807) is 13.2 Å². The summed E-state index contributed by atoms with van der Waals surface area (Å²) in [4.78, 5) is 12.0. The second-order valence-electron chi connectivity index (χ2n) is 4.98. The predicted molar refractivity (Wildman–Crippen MR) is 94.3 cm³/mol. The number of methoxy groups -OCH3 is 1. The van der Waals surface area contributed by atoms with Crippen LogP contribution >= 0.6 is 15.9 Å². The van der Waals surface area contributed by atoms with Gasteiger partial charge in [0.05, 0.1) is 12.8 Å². The van der Waals surface area contributed by atoms with E-state index in [0.717, 1.165) is 32.6 Å². The number of hydrogen-bond donors (Lipinski definition) is 1. The van der Waals surface area contributed by atoms with Gasteiger partial charge < -0.3 is 10.1 Å². The molecular formula is C18H18BrNO2. The summed E-state index contributed by atoms with van der Waals surface area (Å²) < 4.78 is 6.10. The first-order valence-electron chi connectivity index (χ1n) is 6.90. The number of aryl methyl sites for hydroxylation is 2. The molecule has 1 N–H and O–H groups in total. The second kappa shape index (κ2) is 7.27. The number of carbonyl (C=O) groups is 1. The van der Waals surface area contributed by atoms with Crippen LogP contribution in [0, 0.1) is 13.8 Å². The molecule has 2 aromatic carbocycles. The van der Waals surface area contributed by atoms with Crippen molar-refractivity contribution in [1.29, 1.82) is 0 Å². The molecule has 0 atom stereocenters. The summed E-state index contributed by atoms with van der Waals surface area (Å²) >= 11 is 3.41. The maximum Gasteiger partial charge on any atom is 0.248 e. The number of rotatable bonds is 4. The molecule has 0 unspecified atom stereocenters. The summed E-state index contributed by atoms with van der Waals surface area (Å²) in [5.41, 5.74) is 3.92. The molecule has 0 aliphatic carbocycles. The summed E-state index contributed by atoms with van der Waals surface area (Å²) in [6.07, 6.45) is 3.37. The van der Waals surface area contributed by atoms with Gasteiger partial charge in [0.15, 0.2) is 0 Å². The van der Waals surface area contributed by atoms with Crippen LogP contribution in [0.1, 0.15) is 16.7 Å². The lowest BCUT2D eigenvalue weighted by atomic mass is 10.0. The Kier molecular flexibility index (Phi) is 5.39. The van der Waals surface area contributed by atoms with Gasteiger partial charge in [-0.2, -0.15) is 0 Å². The molecule has 1 amide bonds. The van der Waals surface area contributed by atoms with Gasteiger partial charge in [-0.1, -0.05) is 12.1 Å². The molecule has 0 heterocycles. The highest BCUT2D eigenvalue weighted by atomic mass is 79.9. The first kappa shape index (κ1) is 16.3. The fourth-order valence-corrected chi connectivity index (χ4v) is 2.60. The van der Waals surface area contributed by atoms with Gasteiger partial charge in [0, 0.05) is 10.5 Å². The van der Waals surface area contributed by atoms with Crippen molar-refractivity contribution in [2.45, 2.75) is 13.8 Å². The van der Waals surface area contributed by atoms with E-state index >= 15 is 0 Å². The van der Waals surface area contributed by atoms with E-state index in [0.29, 0.717) is 0 Å². The minimum absolute atomic E-state index is 0.165. The van der Waals surface area contributed by atoms with Gasteiger partial charge in [0.1, 0.15) is 5.75 Å². The van der Waals surface area contributed by atoms with Gasteiger partial charge in [-0.15, -0.1) is 0 Å². The number of nitrogens with one attached hydrogen (secondary N) is 1. The maximum absolute atomic E-state index is 12.0. The van der Waals surface area contributed by atoms with Crippen LogP contribution in [0.3, 0.4) is 0 Å². The normalized spacial score (nSPS) is 10.7. The van der Waals surface area contributed by atoms with E-state index in [1.807, 2.05) is 56.3 Å². The molecule has 0 aliphatic rings. The molecule has 0 radical (unpaired) electrons. The number of anilines is 1. The van der Waals surface area contributed by atoms with Crippen LogP contribution < -0.4 is 10.1 Å². The van der Waals surface area contributed by atoms with Gasteiger partial charge in [-0.25, -0.2) is 0 Å². The van der Waals surface area contributed by atoms with Crippen molar-refractivity contribution in [3.63, 3.8) is 0 Å². The first-order valence-corrected chi connectivity index (χ1v) is 7.69. The third kappa shape index (κ3) is 3.98. The SMILES string of the molecule is COc1cc(C)c(/C=C/C(=O)Nc2ccccc2Br)c(C)c1. The van der Waals surface area contributed by atoms with Gasteiger partial charge in [0.25, 0.3) is 0 Å². The van der Waals surface area contributed by atoms with Crippen molar-refractivity contribution >= 4 is 33.6 Å². The zero-order valence-corrected chi connectivity index (χ0v) is 14.4. The maximum atomic E-state index is 12.0. The molecule has 0 spiro atoms. The monoisotopic (exact) mass is 359 g/mol. The Balaban J connectivity index is 2.15. The van der Waals surface area contributed by atoms with E-state index in [1.165, 1.54) is 0 Å². The molecule has 2 aromatic rings. The molecule has 0 saturated carbocycles. The smallest absolute Gasteiger partial charge is 0.248 e. The highest BCUT2D eigenvalue weighted by Crippen LogP contribution is 2.23. The second-order valence-corrected chi connectivity index (χ2v) is 5.83. The lowest BCUT2D eigenvalue weighted by Gasteiger charge is -2.09. The van der Waals surface area contributed by atoms with Crippen molar-refractivity contribution in [1.82, 2.24) is 0 Å². The van der Waals surface area contributed by atoms with Crippen LogP contribution in [0.15, 0.2) is 46.9 Å². The molecule has 0 aliphatic heterocycles. The van der Waals surface area contributed by atoms with Crippen molar-refractivity contribution in [3.05, 3.63) is 63.6 Å². The summed E-state index contributed by atoms with van der Waals surface area (Å²) in [7, 11) is 1.65. The van der Waals surface area contributed by atoms with Crippen LogP contribution in [0.2, 0.25) is 0 Å². The van der Waals surface area contributed by atoms with Crippen LogP contribution in [0.5, 0.6) is 5.75 Å². The Morgan fingerprint density at radius 3 is 2.41 bits per heavy atom. The zero-order chi connectivity index (χ0) is 16.1. The highest BCUT2D eigenvalue weighted by molar-refractivity contribution is 9.10. The Morgan fingerprint density at radius 2 is 1.82 bits per heavy atom. The summed E-state index contributed by atoms with van der Waals surface area (Å²) in [6, 6.07) is 11.4. The van der Waals surface area contributed by atoms with Crippen LogP contribution in [0.4, 0.5) is 5.69 Å². The van der Waals surface area contributed by atoms with Gasteiger partial charge in [0.2, 0.25) is 5.91 Å². The van der Waals surface area contributed by atoms with E-state index in [9.17, 15) is 4.79 Å². The van der Waals surface area contributed by atoms with Crippen molar-refractivity contribution in [2.24, 2.45) is 0 Å². The van der Waals surface area contributed by atoms with Gasteiger partial charge in [-0.05, 0) is 76.8 Å². The zero-order valence-electron chi connectivity index (χ0n) is 12.8. The molecule has 3 nitrogen and oxygen atoms in total. The van der Waals surface area contributed by atoms with E-state index in [2.05, 4.69) is 21.2 Å². The topological polar surface area (TPSA) is 38.3 Å². The minimum atomic E-state index is -0.165. The Morgan fingerprint density at radius 1 is 1.18 bits per heavy atom. The van der Waals surface area contributed by atoms with Gasteiger partial charge in [-0.3, -0.25) is 4.79 Å². The van der Waals surface area contributed by atoms with Crippen molar-refractivity contribution in [3.8, 4) is 5.75 Å². The van der Waals surface area contributed by atoms with Crippen molar-refractivity contribution < 1.29 is 9.53 Å². The first-order chi connectivity index (χ1) is 10.5. The fraction of sp³-hybridized carbons (Fsp3) is 0.167. The number of para-hydroxylation sites is 1. The molecule has 114 valence electrons. The molecule has 22 heavy (non-hydrogen) atoms. The number of benzene rings is 2. The number of carbonyl (C=O) groups excluding carboxylic acids is 1. The summed E-state index contributed by atoms with van der Waals surface area (Å²) in [6.45, 7) is 4.00. The molecule has 2 rings (SSSR count). The number of ether oxygens (including phenoxy) is 1. The van der Waals surface area contributed by atoms with Gasteiger partial charge >= 0.3 is 0 Å². The van der Waals surface area contributed by atoms with Crippen LogP contribution in [-0.2, 0) is 4.79 Å². The molecule has 0 saturated heterocycles. The van der Waals surface area contributed by atoms with Crippen molar-refractivity contribution in [2.75, 3.05) is 12.4 Å². The summed E-state index contributed by atoms with van der Waals surface area (Å²) in [5.74, 6) is 0.659. The van der Waals surface area contributed by atoms with E-state index < -0.39 is 0 Å². The minimum Gasteiger partial charge on any atom is -0.497 e. The molecule has 0 bridgehead atoms. The lowest BCUT2D eigenvalue weighted by Crippen LogP contribution is -2.08. The van der Waals surface area contributed by atoms with Crippen LogP contribution in [-0.4, -0.2) is 13.0 Å². The average Bonchev–Trinajstić information content (AvgIpc) is 2.48. The third-order valence-electron chi connectivity index (χ3n) is 3.34. The summed E-state index contributed by atoms with van der Waals surface area (Å²) in [5, 5.41) is 2.84. The molecule has 0 fully saturated rings. The number of hydrogen-bond acceptors (Lipinski definition) is 2. The fourth-order valence-electron chi connectivity index (χ4n) is 2.21. The number of amides is 1. The molecular weight excluding hydrogens is 342 g/mol. The predicted octanol–water partition coefficient (Wildman–Crippen LogP) is 4.73. The Labute approximate surface area is 139 Å². The quantitative estimate of drug-likeness (QED) is 0.801. The van der Waals surface area contributed by atoms with E-state index in [-0.39, 0.29) is 5.91 Å². The van der Waals surface area contributed by atoms with Crippen LogP contribution in [0.25, 0.3) is 6.08 Å². The highest BCUT2D eigenvalue weighted by Gasteiger charge is 2.05. The van der Waals surface area contributed by atoms with E-state index in [4.69, 9.17) is 4.74 Å².